The molecule has 1 aromatic rings. The van der Waals surface area contributed by atoms with Gasteiger partial charge in [0.15, 0.2) is 0 Å². The standard InChI is InChI=1S/C10H12BrNO4S/c1-2-16-10(13)7-3-4-8(6-11)9(5-7)17(12,14)15/h3-5H,2,6H2,1H3,(H2,12,14,15). The van der Waals surface area contributed by atoms with Crippen molar-refractivity contribution in [3.05, 3.63) is 29.3 Å². The van der Waals surface area contributed by atoms with Gasteiger partial charge in [-0.2, -0.15) is 0 Å². The number of alkyl halides is 1. The zero-order valence-electron chi connectivity index (χ0n) is 9.14. The Balaban J connectivity index is 3.28. The number of hydrogen-bond donors (Lipinski definition) is 1. The monoisotopic (exact) mass is 321 g/mol. The van der Waals surface area contributed by atoms with Crippen molar-refractivity contribution in [1.82, 2.24) is 0 Å². The molecule has 0 aliphatic rings. The maximum Gasteiger partial charge on any atom is 0.338 e. The van der Waals surface area contributed by atoms with E-state index in [0.29, 0.717) is 10.9 Å². The van der Waals surface area contributed by atoms with Crippen molar-refractivity contribution in [2.24, 2.45) is 5.14 Å². The quantitative estimate of drug-likeness (QED) is 0.671. The molecule has 0 saturated carbocycles. The second-order valence-electron chi connectivity index (χ2n) is 3.22. The number of hydrogen-bond acceptors (Lipinski definition) is 4. The average Bonchev–Trinajstić information content (AvgIpc) is 2.27. The van der Waals surface area contributed by atoms with Gasteiger partial charge in [-0.05, 0) is 24.6 Å². The normalized spacial score (nSPS) is 11.2. The van der Waals surface area contributed by atoms with Gasteiger partial charge in [0, 0.05) is 5.33 Å². The van der Waals surface area contributed by atoms with Crippen molar-refractivity contribution in [3.8, 4) is 0 Å². The van der Waals surface area contributed by atoms with Crippen LogP contribution in [0.5, 0.6) is 0 Å². The predicted octanol–water partition coefficient (Wildman–Crippen LogP) is 1.41. The van der Waals surface area contributed by atoms with Crippen LogP contribution in [0.3, 0.4) is 0 Å². The molecule has 7 heteroatoms. The van der Waals surface area contributed by atoms with Gasteiger partial charge in [-0.15, -0.1) is 0 Å². The summed E-state index contributed by atoms with van der Waals surface area (Å²) in [5.41, 5.74) is 0.668. The molecular weight excluding hydrogens is 310 g/mol. The molecule has 0 radical (unpaired) electrons. The molecule has 2 N–H and O–H groups in total. The number of primary sulfonamides is 1. The molecule has 0 unspecified atom stereocenters. The molecule has 0 atom stereocenters. The topological polar surface area (TPSA) is 86.5 Å². The van der Waals surface area contributed by atoms with Crippen molar-refractivity contribution >= 4 is 31.9 Å². The maximum atomic E-state index is 11.5. The molecule has 94 valence electrons. The maximum absolute atomic E-state index is 11.5. The molecule has 17 heavy (non-hydrogen) atoms. The van der Waals surface area contributed by atoms with E-state index in [1.54, 1.807) is 6.92 Å². The van der Waals surface area contributed by atoms with Crippen LogP contribution in [-0.2, 0) is 20.1 Å². The lowest BCUT2D eigenvalue weighted by Crippen LogP contribution is -2.15. The molecule has 0 spiro atoms. The first-order valence-corrected chi connectivity index (χ1v) is 7.45. The number of halogens is 1. The third-order valence-corrected chi connectivity index (χ3v) is 3.63. The summed E-state index contributed by atoms with van der Waals surface area (Å²) in [6.07, 6.45) is 0. The number of ether oxygens (including phenoxy) is 1. The number of esters is 1. The van der Waals surface area contributed by atoms with E-state index >= 15 is 0 Å². The number of sulfonamides is 1. The third-order valence-electron chi connectivity index (χ3n) is 2.03. The SMILES string of the molecule is CCOC(=O)c1ccc(CBr)c(S(N)(=O)=O)c1. The largest absolute Gasteiger partial charge is 0.462 e. The lowest BCUT2D eigenvalue weighted by molar-refractivity contribution is 0.0526. The molecule has 0 aliphatic carbocycles. The van der Waals surface area contributed by atoms with Crippen molar-refractivity contribution in [3.63, 3.8) is 0 Å². The fraction of sp³-hybridized carbons (Fsp3) is 0.300. The Morgan fingerprint density at radius 1 is 1.47 bits per heavy atom. The molecule has 0 aromatic heterocycles. The molecule has 0 bridgehead atoms. The minimum Gasteiger partial charge on any atom is -0.462 e. The lowest BCUT2D eigenvalue weighted by Gasteiger charge is -2.07. The third kappa shape index (κ3) is 3.52. The fourth-order valence-corrected chi connectivity index (χ4v) is 2.74. The Morgan fingerprint density at radius 2 is 2.12 bits per heavy atom. The highest BCUT2D eigenvalue weighted by Crippen LogP contribution is 2.19. The summed E-state index contributed by atoms with van der Waals surface area (Å²) in [5, 5.41) is 5.41. The highest BCUT2D eigenvalue weighted by molar-refractivity contribution is 9.08. The van der Waals surface area contributed by atoms with Gasteiger partial charge in [0.05, 0.1) is 17.1 Å². The molecule has 0 amide bonds. The molecule has 0 saturated heterocycles. The fourth-order valence-electron chi connectivity index (χ4n) is 1.27. The van der Waals surface area contributed by atoms with Gasteiger partial charge in [-0.1, -0.05) is 22.0 Å². The summed E-state index contributed by atoms with van der Waals surface area (Å²) in [6.45, 7) is 1.90. The van der Waals surface area contributed by atoms with Crippen molar-refractivity contribution in [2.75, 3.05) is 6.61 Å². The first-order valence-electron chi connectivity index (χ1n) is 4.79. The van der Waals surface area contributed by atoms with Crippen LogP contribution in [0.1, 0.15) is 22.8 Å². The van der Waals surface area contributed by atoms with Crippen molar-refractivity contribution < 1.29 is 17.9 Å². The van der Waals surface area contributed by atoms with Crippen molar-refractivity contribution in [1.29, 1.82) is 0 Å². The number of benzene rings is 1. The van der Waals surface area contributed by atoms with E-state index in [4.69, 9.17) is 9.88 Å². The van der Waals surface area contributed by atoms with Gasteiger partial charge in [-0.3, -0.25) is 0 Å². The smallest absolute Gasteiger partial charge is 0.338 e. The molecule has 1 aromatic carbocycles. The minimum atomic E-state index is -3.85. The Bertz CT molecular complexity index is 527. The van der Waals surface area contributed by atoms with Crippen molar-refractivity contribution in [2.45, 2.75) is 17.1 Å². The highest BCUT2D eigenvalue weighted by Gasteiger charge is 2.17. The first kappa shape index (κ1) is 14.1. The second-order valence-corrected chi connectivity index (χ2v) is 5.31. The highest BCUT2D eigenvalue weighted by atomic mass is 79.9. The molecule has 0 heterocycles. The van der Waals surface area contributed by atoms with Crippen LogP contribution in [0.2, 0.25) is 0 Å². The van der Waals surface area contributed by atoms with E-state index in [9.17, 15) is 13.2 Å². The van der Waals surface area contributed by atoms with Crippen LogP contribution < -0.4 is 5.14 Å². The molecule has 0 fully saturated rings. The zero-order valence-corrected chi connectivity index (χ0v) is 11.5. The van der Waals surface area contributed by atoms with Crippen LogP contribution in [-0.4, -0.2) is 21.0 Å². The van der Waals surface area contributed by atoms with Gasteiger partial charge < -0.3 is 4.74 Å². The Labute approximate surface area is 108 Å². The van der Waals surface area contributed by atoms with E-state index in [2.05, 4.69) is 15.9 Å². The summed E-state index contributed by atoms with van der Waals surface area (Å²) in [6, 6.07) is 4.26. The number of carbonyl (C=O) groups is 1. The summed E-state index contributed by atoms with van der Waals surface area (Å²) < 4.78 is 27.5. The zero-order chi connectivity index (χ0) is 13.1. The van der Waals surface area contributed by atoms with Gasteiger partial charge in [0.25, 0.3) is 0 Å². The second kappa shape index (κ2) is 5.61. The van der Waals surface area contributed by atoms with Gasteiger partial charge in [0.2, 0.25) is 10.0 Å². The lowest BCUT2D eigenvalue weighted by atomic mass is 10.1. The van der Waals surface area contributed by atoms with Gasteiger partial charge in [0.1, 0.15) is 0 Å². The summed E-state index contributed by atoms with van der Waals surface area (Å²) >= 11 is 3.16. The number of rotatable bonds is 4. The average molecular weight is 322 g/mol. The van der Waals surface area contributed by atoms with E-state index in [1.807, 2.05) is 0 Å². The van der Waals surface area contributed by atoms with E-state index in [0.717, 1.165) is 0 Å². The van der Waals surface area contributed by atoms with E-state index in [-0.39, 0.29) is 17.1 Å². The molecular formula is C10H12BrNO4S. The van der Waals surface area contributed by atoms with Crippen LogP contribution in [0.15, 0.2) is 23.1 Å². The van der Waals surface area contributed by atoms with Gasteiger partial charge >= 0.3 is 5.97 Å². The minimum absolute atomic E-state index is 0.0695. The molecule has 1 rings (SSSR count). The van der Waals surface area contributed by atoms with E-state index in [1.165, 1.54) is 18.2 Å². The predicted molar refractivity (Wildman–Crippen MR) is 66.4 cm³/mol. The Hall–Kier alpha value is -0.920. The van der Waals surface area contributed by atoms with Crippen LogP contribution in [0, 0.1) is 0 Å². The van der Waals surface area contributed by atoms with Crippen LogP contribution >= 0.6 is 15.9 Å². The Kier molecular flexibility index (Phi) is 4.67. The van der Waals surface area contributed by atoms with E-state index < -0.39 is 16.0 Å². The Morgan fingerprint density at radius 3 is 2.59 bits per heavy atom. The summed E-state index contributed by atoms with van der Waals surface area (Å²) in [7, 11) is -3.85. The first-order chi connectivity index (χ1) is 7.90. The number of nitrogens with two attached hydrogens (primary N) is 1. The summed E-state index contributed by atoms with van der Waals surface area (Å²) in [4.78, 5) is 11.4. The van der Waals surface area contributed by atoms with Crippen LogP contribution in [0.25, 0.3) is 0 Å². The van der Waals surface area contributed by atoms with Gasteiger partial charge in [-0.25, -0.2) is 18.4 Å². The molecule has 0 aliphatic heterocycles. The number of carbonyl (C=O) groups excluding carboxylic acids is 1. The summed E-state index contributed by atoms with van der Waals surface area (Å²) in [5.74, 6) is -0.571. The molecule has 5 nitrogen and oxygen atoms in total. The van der Waals surface area contributed by atoms with Crippen LogP contribution in [0.4, 0.5) is 0 Å².